The third kappa shape index (κ3) is 48.0. The topological polar surface area (TPSA) is 78.9 Å². The lowest BCUT2D eigenvalue weighted by Gasteiger charge is -2.18. The van der Waals surface area contributed by atoms with Gasteiger partial charge in [0.15, 0.2) is 6.10 Å². The van der Waals surface area contributed by atoms with Crippen LogP contribution in [0.1, 0.15) is 252 Å². The predicted octanol–water partition coefficient (Wildman–Crippen LogP) is 16.9. The van der Waals surface area contributed by atoms with Gasteiger partial charge in [-0.3, -0.25) is 14.4 Å². The second-order valence-electron chi connectivity index (χ2n) is 17.1. The highest BCUT2D eigenvalue weighted by Gasteiger charge is 2.19. The summed E-state index contributed by atoms with van der Waals surface area (Å²) in [6.07, 6.45) is 60.6. The van der Waals surface area contributed by atoms with Crippen LogP contribution in [-0.2, 0) is 28.6 Å². The van der Waals surface area contributed by atoms with Gasteiger partial charge in [-0.1, -0.05) is 210 Å². The molecule has 0 spiro atoms. The van der Waals surface area contributed by atoms with E-state index in [-0.39, 0.29) is 31.1 Å². The number of unbranched alkanes of at least 4 members (excludes halogenated alkanes) is 25. The smallest absolute Gasteiger partial charge is 0.306 e. The summed E-state index contributed by atoms with van der Waals surface area (Å²) in [5.74, 6) is -0.901. The highest BCUT2D eigenvalue weighted by atomic mass is 16.6. The van der Waals surface area contributed by atoms with Crippen molar-refractivity contribution in [1.82, 2.24) is 0 Å². The molecule has 0 amide bonds. The van der Waals surface area contributed by atoms with E-state index >= 15 is 0 Å². The zero-order valence-corrected chi connectivity index (χ0v) is 40.2. The molecule has 1 unspecified atom stereocenters. The van der Waals surface area contributed by atoms with Gasteiger partial charge >= 0.3 is 17.9 Å². The lowest BCUT2D eigenvalue weighted by molar-refractivity contribution is -0.167. The van der Waals surface area contributed by atoms with Crippen molar-refractivity contribution in [3.8, 4) is 0 Å². The van der Waals surface area contributed by atoms with E-state index in [4.69, 9.17) is 14.2 Å². The molecule has 0 bridgehead atoms. The largest absolute Gasteiger partial charge is 0.462 e. The molecule has 0 N–H and O–H groups in total. The number of rotatable bonds is 46. The van der Waals surface area contributed by atoms with E-state index in [2.05, 4.69) is 81.5 Å². The van der Waals surface area contributed by atoms with Gasteiger partial charge in [0.05, 0.1) is 0 Å². The Balaban J connectivity index is 4.36. The first kappa shape index (κ1) is 58.1. The maximum atomic E-state index is 12.8. The average Bonchev–Trinajstić information content (AvgIpc) is 3.26. The Morgan fingerprint density at radius 1 is 0.344 bits per heavy atom. The number of carbonyl (C=O) groups is 3. The Hall–Kier alpha value is -2.89. The Morgan fingerprint density at radius 3 is 1.02 bits per heavy atom. The van der Waals surface area contributed by atoms with Crippen molar-refractivity contribution in [1.29, 1.82) is 0 Å². The Labute approximate surface area is 377 Å². The van der Waals surface area contributed by atoms with Crippen LogP contribution in [0, 0.1) is 0 Å². The standard InChI is InChI=1S/C55H96O6/c1-4-7-10-13-16-19-22-24-26-27-28-29-30-32-33-36-39-42-45-48-54(57)60-51-52(50-59-53(56)47-44-41-38-35-21-18-15-12-9-6-3)61-55(58)49-46-43-40-37-34-31-25-23-20-17-14-11-8-5-2/h7,10,16,19,23-26,28-29,52H,4-6,8-9,11-15,17-18,20-22,27,30-51H2,1-3H3/b10-7-,19-16-,25-23-,26-24-,29-28-. The maximum Gasteiger partial charge on any atom is 0.306 e. The first-order valence-electron chi connectivity index (χ1n) is 25.8. The summed E-state index contributed by atoms with van der Waals surface area (Å²) >= 11 is 0. The molecule has 61 heavy (non-hydrogen) atoms. The molecule has 6 nitrogen and oxygen atoms in total. The molecular formula is C55H96O6. The van der Waals surface area contributed by atoms with Crippen LogP contribution >= 0.6 is 0 Å². The lowest BCUT2D eigenvalue weighted by Crippen LogP contribution is -2.30. The second kappa shape index (κ2) is 49.8. The minimum atomic E-state index is -0.781. The zero-order valence-electron chi connectivity index (χ0n) is 40.2. The molecule has 1 atom stereocenters. The summed E-state index contributed by atoms with van der Waals surface area (Å²) in [7, 11) is 0. The lowest BCUT2D eigenvalue weighted by atomic mass is 10.1. The average molecular weight is 853 g/mol. The quantitative estimate of drug-likeness (QED) is 0.0263. The zero-order chi connectivity index (χ0) is 44.4. The molecule has 6 heteroatoms. The third-order valence-electron chi connectivity index (χ3n) is 11.0. The Bertz CT molecular complexity index is 1120. The summed E-state index contributed by atoms with van der Waals surface area (Å²) in [6, 6.07) is 0. The van der Waals surface area contributed by atoms with Crippen LogP contribution in [-0.4, -0.2) is 37.2 Å². The highest BCUT2D eigenvalue weighted by molar-refractivity contribution is 5.71. The molecule has 0 saturated carbocycles. The first-order valence-corrected chi connectivity index (χ1v) is 25.8. The number of esters is 3. The minimum Gasteiger partial charge on any atom is -0.462 e. The van der Waals surface area contributed by atoms with Gasteiger partial charge in [0.2, 0.25) is 0 Å². The molecule has 0 aromatic carbocycles. The van der Waals surface area contributed by atoms with E-state index < -0.39 is 6.10 Å². The number of carbonyl (C=O) groups excluding carboxylic acids is 3. The normalized spacial score (nSPS) is 12.5. The molecule has 0 aromatic rings. The van der Waals surface area contributed by atoms with E-state index in [1.54, 1.807) is 0 Å². The fourth-order valence-electron chi connectivity index (χ4n) is 7.13. The van der Waals surface area contributed by atoms with Crippen LogP contribution in [0.25, 0.3) is 0 Å². The van der Waals surface area contributed by atoms with Crippen molar-refractivity contribution in [3.63, 3.8) is 0 Å². The van der Waals surface area contributed by atoms with Crippen LogP contribution in [0.15, 0.2) is 60.8 Å². The van der Waals surface area contributed by atoms with Gasteiger partial charge in [-0.05, 0) is 83.5 Å². The number of hydrogen-bond acceptors (Lipinski definition) is 6. The minimum absolute atomic E-state index is 0.0806. The predicted molar refractivity (Wildman–Crippen MR) is 261 cm³/mol. The molecule has 0 saturated heterocycles. The van der Waals surface area contributed by atoms with Gasteiger partial charge in [0.1, 0.15) is 13.2 Å². The van der Waals surface area contributed by atoms with Gasteiger partial charge in [-0.2, -0.15) is 0 Å². The Morgan fingerprint density at radius 2 is 0.639 bits per heavy atom. The summed E-state index contributed by atoms with van der Waals surface area (Å²) in [5.41, 5.74) is 0. The van der Waals surface area contributed by atoms with E-state index in [1.807, 2.05) is 0 Å². The van der Waals surface area contributed by atoms with Crippen molar-refractivity contribution >= 4 is 17.9 Å². The van der Waals surface area contributed by atoms with Crippen molar-refractivity contribution in [2.75, 3.05) is 13.2 Å². The van der Waals surface area contributed by atoms with E-state index in [1.165, 1.54) is 109 Å². The summed E-state index contributed by atoms with van der Waals surface area (Å²) < 4.78 is 16.8. The molecule has 0 aromatic heterocycles. The molecule has 0 aliphatic carbocycles. The van der Waals surface area contributed by atoms with E-state index in [9.17, 15) is 14.4 Å². The van der Waals surface area contributed by atoms with Gasteiger partial charge in [0.25, 0.3) is 0 Å². The highest BCUT2D eigenvalue weighted by Crippen LogP contribution is 2.14. The van der Waals surface area contributed by atoms with Gasteiger partial charge in [-0.25, -0.2) is 0 Å². The van der Waals surface area contributed by atoms with Gasteiger partial charge in [0, 0.05) is 19.3 Å². The number of hydrogen-bond donors (Lipinski definition) is 0. The van der Waals surface area contributed by atoms with Crippen molar-refractivity contribution in [2.45, 2.75) is 258 Å². The van der Waals surface area contributed by atoms with Crippen LogP contribution in [0.3, 0.4) is 0 Å². The molecule has 0 aliphatic rings. The van der Waals surface area contributed by atoms with Crippen LogP contribution in [0.5, 0.6) is 0 Å². The maximum absolute atomic E-state index is 12.8. The van der Waals surface area contributed by atoms with Crippen LogP contribution < -0.4 is 0 Å². The van der Waals surface area contributed by atoms with Crippen molar-refractivity contribution < 1.29 is 28.6 Å². The monoisotopic (exact) mass is 853 g/mol. The first-order chi connectivity index (χ1) is 30.0. The molecule has 0 rings (SSSR count). The van der Waals surface area contributed by atoms with Crippen LogP contribution in [0.2, 0.25) is 0 Å². The van der Waals surface area contributed by atoms with Crippen molar-refractivity contribution in [3.05, 3.63) is 60.8 Å². The fraction of sp³-hybridized carbons (Fsp3) is 0.764. The second-order valence-corrected chi connectivity index (χ2v) is 17.1. The molecule has 0 fully saturated rings. The van der Waals surface area contributed by atoms with Gasteiger partial charge < -0.3 is 14.2 Å². The summed E-state index contributed by atoms with van der Waals surface area (Å²) in [5, 5.41) is 0. The van der Waals surface area contributed by atoms with Gasteiger partial charge in [-0.15, -0.1) is 0 Å². The molecule has 0 heterocycles. The van der Waals surface area contributed by atoms with Crippen LogP contribution in [0.4, 0.5) is 0 Å². The Kier molecular flexibility index (Phi) is 47.4. The summed E-state index contributed by atoms with van der Waals surface area (Å²) in [4.78, 5) is 37.9. The van der Waals surface area contributed by atoms with Crippen molar-refractivity contribution in [2.24, 2.45) is 0 Å². The molecular weight excluding hydrogens is 757 g/mol. The third-order valence-corrected chi connectivity index (χ3v) is 11.0. The summed E-state index contributed by atoms with van der Waals surface area (Å²) in [6.45, 7) is 6.49. The molecule has 352 valence electrons. The fourth-order valence-corrected chi connectivity index (χ4v) is 7.13. The number of ether oxygens (including phenoxy) is 3. The SMILES string of the molecule is CC/C=C\C/C=C\C/C=C\C/C=C\CCCCCCCCC(=O)OCC(COC(=O)CCCCCCCCCCCC)OC(=O)CCCCCCC/C=C\CCCCCCC. The number of allylic oxidation sites excluding steroid dienone is 10. The van der Waals surface area contributed by atoms with E-state index in [0.29, 0.717) is 19.3 Å². The molecule has 0 aliphatic heterocycles. The van der Waals surface area contributed by atoms with E-state index in [0.717, 1.165) is 103 Å². The molecule has 0 radical (unpaired) electrons.